The van der Waals surface area contributed by atoms with E-state index in [1.54, 1.807) is 23.0 Å². The number of nitrogens with zero attached hydrogens (tertiary/aromatic N) is 5. The number of anilines is 1. The maximum absolute atomic E-state index is 13.5. The number of nitrogens with two attached hydrogens (primary N) is 1. The van der Waals surface area contributed by atoms with Gasteiger partial charge < -0.3 is 10.6 Å². The summed E-state index contributed by atoms with van der Waals surface area (Å²) in [6.07, 6.45) is 3.22. The quantitative estimate of drug-likeness (QED) is 0.730. The van der Waals surface area contributed by atoms with Crippen molar-refractivity contribution in [2.45, 2.75) is 25.8 Å². The molecule has 7 nitrogen and oxygen atoms in total. The monoisotopic (exact) mass is 398 g/mol. The summed E-state index contributed by atoms with van der Waals surface area (Å²) in [5.74, 6) is -1.21. The molecule has 4 rings (SSSR count). The fourth-order valence-corrected chi connectivity index (χ4v) is 3.61. The Morgan fingerprint density at radius 3 is 2.48 bits per heavy atom. The number of pyridine rings is 1. The molecule has 0 unspecified atom stereocenters. The Bertz CT molecular complexity index is 1040. The molecule has 1 fully saturated rings. The molecule has 9 heteroatoms. The highest BCUT2D eigenvalue weighted by Crippen LogP contribution is 2.28. The van der Waals surface area contributed by atoms with Gasteiger partial charge in [-0.15, -0.1) is 5.10 Å². The van der Waals surface area contributed by atoms with Crippen LogP contribution in [0.15, 0.2) is 36.5 Å². The molecule has 3 heterocycles. The SMILES string of the molecule is Cc1ccc(C(N)=O)c(N2CCC(n3cc(-c4cc(F)cc(F)c4)nn3)CC2)n1. The third-order valence-corrected chi connectivity index (χ3v) is 5.09. The van der Waals surface area contributed by atoms with Crippen molar-refractivity contribution in [3.63, 3.8) is 0 Å². The molecule has 150 valence electrons. The predicted molar refractivity (Wildman–Crippen MR) is 103 cm³/mol. The van der Waals surface area contributed by atoms with Crippen molar-refractivity contribution >= 4 is 11.7 Å². The molecule has 0 atom stereocenters. The van der Waals surface area contributed by atoms with Crippen LogP contribution in [-0.4, -0.2) is 39.0 Å². The second kappa shape index (κ2) is 7.57. The number of carbonyl (C=O) groups excluding carboxylic acids is 1. The summed E-state index contributed by atoms with van der Waals surface area (Å²) in [5, 5.41) is 8.21. The molecular formula is C20H20F2N6O. The van der Waals surface area contributed by atoms with Gasteiger partial charge in [0, 0.05) is 30.4 Å². The molecule has 0 spiro atoms. The van der Waals surface area contributed by atoms with E-state index in [-0.39, 0.29) is 6.04 Å². The fourth-order valence-electron chi connectivity index (χ4n) is 3.61. The van der Waals surface area contributed by atoms with E-state index in [9.17, 15) is 13.6 Å². The van der Waals surface area contributed by atoms with Crippen molar-refractivity contribution < 1.29 is 13.6 Å². The summed E-state index contributed by atoms with van der Waals surface area (Å²) < 4.78 is 28.6. The molecule has 3 aromatic rings. The number of aromatic nitrogens is 4. The van der Waals surface area contributed by atoms with E-state index in [0.717, 1.165) is 24.6 Å². The van der Waals surface area contributed by atoms with E-state index in [4.69, 9.17) is 5.73 Å². The van der Waals surface area contributed by atoms with Gasteiger partial charge in [-0.1, -0.05) is 5.21 Å². The van der Waals surface area contributed by atoms with Crippen LogP contribution >= 0.6 is 0 Å². The average molecular weight is 398 g/mol. The van der Waals surface area contributed by atoms with Crippen LogP contribution in [0.5, 0.6) is 0 Å². The molecular weight excluding hydrogens is 378 g/mol. The Labute approximate surface area is 166 Å². The number of aryl methyl sites for hydroxylation is 1. The van der Waals surface area contributed by atoms with E-state index in [1.807, 2.05) is 11.8 Å². The highest BCUT2D eigenvalue weighted by molar-refractivity contribution is 5.97. The van der Waals surface area contributed by atoms with Gasteiger partial charge in [0.25, 0.3) is 5.91 Å². The molecule has 1 aliphatic heterocycles. The molecule has 2 aromatic heterocycles. The van der Waals surface area contributed by atoms with Crippen LogP contribution in [0.1, 0.15) is 34.9 Å². The molecule has 1 aromatic carbocycles. The van der Waals surface area contributed by atoms with Gasteiger partial charge in [-0.2, -0.15) is 0 Å². The summed E-state index contributed by atoms with van der Waals surface area (Å²) in [6.45, 7) is 3.21. The van der Waals surface area contributed by atoms with Crippen LogP contribution in [0.25, 0.3) is 11.3 Å². The van der Waals surface area contributed by atoms with Gasteiger partial charge in [-0.3, -0.25) is 4.79 Å². The first-order chi connectivity index (χ1) is 13.9. The first kappa shape index (κ1) is 19.0. The van der Waals surface area contributed by atoms with Crippen molar-refractivity contribution in [2.75, 3.05) is 18.0 Å². The first-order valence-electron chi connectivity index (χ1n) is 9.31. The van der Waals surface area contributed by atoms with Crippen molar-refractivity contribution in [1.29, 1.82) is 0 Å². The average Bonchev–Trinajstić information content (AvgIpc) is 3.17. The number of rotatable bonds is 4. The molecule has 29 heavy (non-hydrogen) atoms. The van der Waals surface area contributed by atoms with Gasteiger partial charge >= 0.3 is 0 Å². The zero-order chi connectivity index (χ0) is 20.5. The minimum Gasteiger partial charge on any atom is -0.365 e. The maximum atomic E-state index is 13.5. The minimum absolute atomic E-state index is 0.0905. The maximum Gasteiger partial charge on any atom is 0.252 e. The van der Waals surface area contributed by atoms with Gasteiger partial charge in [0.05, 0.1) is 17.8 Å². The summed E-state index contributed by atoms with van der Waals surface area (Å²) in [7, 11) is 0. The highest BCUT2D eigenvalue weighted by atomic mass is 19.1. The lowest BCUT2D eigenvalue weighted by molar-refractivity contribution is 0.100. The number of benzene rings is 1. The zero-order valence-corrected chi connectivity index (χ0v) is 15.8. The van der Waals surface area contributed by atoms with E-state index < -0.39 is 17.5 Å². The van der Waals surface area contributed by atoms with Crippen molar-refractivity contribution in [3.8, 4) is 11.3 Å². The molecule has 1 aliphatic rings. The van der Waals surface area contributed by atoms with E-state index in [2.05, 4.69) is 15.3 Å². The standard InChI is InChI=1S/C20H20F2N6O/c1-12-2-3-17(19(23)29)20(24-12)27-6-4-16(5-7-27)28-11-18(25-26-28)13-8-14(21)10-15(22)9-13/h2-3,8-11,16H,4-7H2,1H3,(H2,23,29). The number of hydrogen-bond donors (Lipinski definition) is 1. The highest BCUT2D eigenvalue weighted by Gasteiger charge is 2.25. The number of halogens is 2. The Hall–Kier alpha value is -3.36. The smallest absolute Gasteiger partial charge is 0.252 e. The lowest BCUT2D eigenvalue weighted by atomic mass is 10.0. The number of piperidine rings is 1. The van der Waals surface area contributed by atoms with Crippen LogP contribution < -0.4 is 10.6 Å². The normalized spacial score (nSPS) is 14.9. The topological polar surface area (TPSA) is 89.9 Å². The lowest BCUT2D eigenvalue weighted by Crippen LogP contribution is -2.36. The number of amides is 1. The van der Waals surface area contributed by atoms with Gasteiger partial charge in [0.15, 0.2) is 0 Å². The lowest BCUT2D eigenvalue weighted by Gasteiger charge is -2.33. The molecule has 0 bridgehead atoms. The fraction of sp³-hybridized carbons (Fsp3) is 0.300. The van der Waals surface area contributed by atoms with Crippen molar-refractivity contribution in [2.24, 2.45) is 5.73 Å². The van der Waals surface area contributed by atoms with E-state index in [1.165, 1.54) is 12.1 Å². The van der Waals surface area contributed by atoms with E-state index >= 15 is 0 Å². The Morgan fingerprint density at radius 1 is 1.14 bits per heavy atom. The molecule has 2 N–H and O–H groups in total. The van der Waals surface area contributed by atoms with Gasteiger partial charge in [-0.25, -0.2) is 18.4 Å². The molecule has 0 saturated carbocycles. The Morgan fingerprint density at radius 2 is 1.83 bits per heavy atom. The number of hydrogen-bond acceptors (Lipinski definition) is 5. The Balaban J connectivity index is 1.49. The van der Waals surface area contributed by atoms with Gasteiger partial charge in [0.1, 0.15) is 23.1 Å². The predicted octanol–water partition coefficient (Wildman–Crippen LogP) is 2.87. The number of primary amides is 1. The van der Waals surface area contributed by atoms with Crippen LogP contribution in [0.2, 0.25) is 0 Å². The first-order valence-corrected chi connectivity index (χ1v) is 9.31. The molecule has 1 saturated heterocycles. The molecule has 0 radical (unpaired) electrons. The molecule has 1 amide bonds. The van der Waals surface area contributed by atoms with Crippen LogP contribution in [-0.2, 0) is 0 Å². The zero-order valence-electron chi connectivity index (χ0n) is 15.8. The minimum atomic E-state index is -0.654. The van der Waals surface area contributed by atoms with Crippen LogP contribution in [0.4, 0.5) is 14.6 Å². The summed E-state index contributed by atoms with van der Waals surface area (Å²) >= 11 is 0. The second-order valence-corrected chi connectivity index (χ2v) is 7.15. The van der Waals surface area contributed by atoms with Crippen LogP contribution in [0.3, 0.4) is 0 Å². The number of carbonyl (C=O) groups is 1. The second-order valence-electron chi connectivity index (χ2n) is 7.15. The molecule has 0 aliphatic carbocycles. The summed E-state index contributed by atoms with van der Waals surface area (Å²) in [5.41, 5.74) is 7.48. The van der Waals surface area contributed by atoms with E-state index in [0.29, 0.717) is 35.7 Å². The van der Waals surface area contributed by atoms with Gasteiger partial charge in [-0.05, 0) is 44.0 Å². The summed E-state index contributed by atoms with van der Waals surface area (Å²) in [6, 6.07) is 6.84. The summed E-state index contributed by atoms with van der Waals surface area (Å²) in [4.78, 5) is 18.3. The van der Waals surface area contributed by atoms with Crippen molar-refractivity contribution in [3.05, 3.63) is 59.4 Å². The Kier molecular flexibility index (Phi) is 4.96. The van der Waals surface area contributed by atoms with Crippen LogP contribution in [0, 0.1) is 18.6 Å². The van der Waals surface area contributed by atoms with Crippen molar-refractivity contribution in [1.82, 2.24) is 20.0 Å². The largest absolute Gasteiger partial charge is 0.365 e. The van der Waals surface area contributed by atoms with Gasteiger partial charge in [0.2, 0.25) is 0 Å². The third kappa shape index (κ3) is 3.94. The third-order valence-electron chi connectivity index (χ3n) is 5.09.